The Kier molecular flexibility index (Phi) is 3.88. The average Bonchev–Trinajstić information content (AvgIpc) is 3.28. The Morgan fingerprint density at radius 1 is 1.04 bits per heavy atom. The number of aromatic amines is 2. The number of carbonyl (C=O) groups is 1. The van der Waals surface area contributed by atoms with E-state index in [2.05, 4.69) is 20.2 Å². The first-order valence-corrected chi connectivity index (χ1v) is 8.49. The zero-order chi connectivity index (χ0) is 16.4. The molecule has 0 aliphatic heterocycles. The van der Waals surface area contributed by atoms with Gasteiger partial charge in [0, 0.05) is 10.9 Å². The van der Waals surface area contributed by atoms with Gasteiger partial charge < -0.3 is 4.98 Å². The highest BCUT2D eigenvalue weighted by Gasteiger charge is 2.19. The fourth-order valence-electron chi connectivity index (χ4n) is 2.72. The highest BCUT2D eigenvalue weighted by molar-refractivity contribution is 7.99. The van der Waals surface area contributed by atoms with Gasteiger partial charge in [-0.2, -0.15) is 5.10 Å². The number of hydrogen-bond donors (Lipinski definition) is 2. The van der Waals surface area contributed by atoms with Gasteiger partial charge in [0.25, 0.3) is 0 Å². The summed E-state index contributed by atoms with van der Waals surface area (Å²) in [5, 5.41) is 8.15. The maximum absolute atomic E-state index is 12.9. The minimum absolute atomic E-state index is 0.0627. The van der Waals surface area contributed by atoms with Crippen LogP contribution in [0.25, 0.3) is 22.2 Å². The number of para-hydroxylation sites is 1. The van der Waals surface area contributed by atoms with E-state index in [0.29, 0.717) is 10.9 Å². The molecule has 0 aliphatic rings. The molecule has 0 saturated carbocycles. The summed E-state index contributed by atoms with van der Waals surface area (Å²) in [4.78, 5) is 20.3. The smallest absolute Gasteiger partial charge is 0.183 e. The lowest BCUT2D eigenvalue weighted by atomic mass is 10.0. The molecule has 118 valence electrons. The van der Waals surface area contributed by atoms with E-state index < -0.39 is 0 Å². The molecule has 0 radical (unpaired) electrons. The van der Waals surface area contributed by atoms with E-state index in [-0.39, 0.29) is 5.78 Å². The van der Waals surface area contributed by atoms with Crippen molar-refractivity contribution in [1.29, 1.82) is 0 Å². The predicted molar refractivity (Wildman–Crippen MR) is 95.2 cm³/mol. The normalized spacial score (nSPS) is 11.0. The molecule has 0 spiro atoms. The minimum Gasteiger partial charge on any atom is -0.354 e. The molecular formula is C18H14N4OS. The fourth-order valence-corrected chi connectivity index (χ4v) is 3.37. The number of nitrogens with one attached hydrogen (secondary N) is 2. The second-order valence-electron chi connectivity index (χ2n) is 5.29. The van der Waals surface area contributed by atoms with Gasteiger partial charge in [0.05, 0.1) is 17.0 Å². The van der Waals surface area contributed by atoms with Crippen molar-refractivity contribution >= 4 is 28.4 Å². The Labute approximate surface area is 142 Å². The third-order valence-electron chi connectivity index (χ3n) is 3.78. The lowest BCUT2D eigenvalue weighted by Gasteiger charge is -2.04. The van der Waals surface area contributed by atoms with Crippen molar-refractivity contribution in [2.45, 2.75) is 5.16 Å². The van der Waals surface area contributed by atoms with Crippen LogP contribution in [0, 0.1) is 0 Å². The molecule has 24 heavy (non-hydrogen) atoms. The molecule has 0 amide bonds. The van der Waals surface area contributed by atoms with Crippen molar-refractivity contribution in [3.8, 4) is 11.3 Å². The van der Waals surface area contributed by atoms with Crippen molar-refractivity contribution in [3.05, 3.63) is 66.5 Å². The van der Waals surface area contributed by atoms with E-state index in [1.54, 1.807) is 0 Å². The van der Waals surface area contributed by atoms with Crippen LogP contribution >= 0.6 is 11.8 Å². The Balaban J connectivity index is 1.76. The summed E-state index contributed by atoms with van der Waals surface area (Å²) in [5.74, 6) is 0.365. The van der Waals surface area contributed by atoms with Gasteiger partial charge in [-0.15, -0.1) is 0 Å². The fraction of sp³-hybridized carbons (Fsp3) is 0.0556. The summed E-state index contributed by atoms with van der Waals surface area (Å²) in [7, 11) is 0. The number of fused-ring (bicyclic) bond motifs is 1. The van der Waals surface area contributed by atoms with E-state index in [1.165, 1.54) is 18.1 Å². The molecule has 0 saturated heterocycles. The van der Waals surface area contributed by atoms with Crippen molar-refractivity contribution in [3.63, 3.8) is 0 Å². The quantitative estimate of drug-likeness (QED) is 0.428. The molecule has 2 aromatic heterocycles. The number of Topliss-reactive ketones (excluding diaryl/α,β-unsaturated/α-hetero) is 1. The number of carbonyl (C=O) groups excluding carboxylic acids is 1. The monoisotopic (exact) mass is 334 g/mol. The Bertz CT molecular complexity index is 977. The second-order valence-corrected chi connectivity index (χ2v) is 6.25. The van der Waals surface area contributed by atoms with E-state index >= 15 is 0 Å². The van der Waals surface area contributed by atoms with Gasteiger partial charge in [-0.1, -0.05) is 60.3 Å². The summed E-state index contributed by atoms with van der Waals surface area (Å²) < 4.78 is 0. The SMILES string of the molecule is O=C(CSc1ncn[nH]1)c1c(-c2ccccc2)[nH]c2ccccc12. The topological polar surface area (TPSA) is 74.4 Å². The lowest BCUT2D eigenvalue weighted by molar-refractivity contribution is 0.102. The molecule has 0 bridgehead atoms. The second kappa shape index (κ2) is 6.33. The van der Waals surface area contributed by atoms with Crippen LogP contribution in [0.3, 0.4) is 0 Å². The molecular weight excluding hydrogens is 320 g/mol. The van der Waals surface area contributed by atoms with Gasteiger partial charge in [0.15, 0.2) is 10.9 Å². The lowest BCUT2D eigenvalue weighted by Crippen LogP contribution is -2.04. The number of benzene rings is 2. The predicted octanol–water partition coefficient (Wildman–Crippen LogP) is 3.93. The van der Waals surface area contributed by atoms with E-state index in [1.807, 2.05) is 54.6 Å². The molecule has 4 rings (SSSR count). The van der Waals surface area contributed by atoms with Gasteiger partial charge >= 0.3 is 0 Å². The number of nitrogens with zero attached hydrogens (tertiary/aromatic N) is 2. The maximum Gasteiger partial charge on any atom is 0.183 e. The summed E-state index contributed by atoms with van der Waals surface area (Å²) in [6.07, 6.45) is 1.44. The van der Waals surface area contributed by atoms with Crippen LogP contribution < -0.4 is 0 Å². The first kappa shape index (κ1) is 14.7. The molecule has 6 heteroatoms. The number of ketones is 1. The first-order chi connectivity index (χ1) is 11.8. The van der Waals surface area contributed by atoms with Gasteiger partial charge in [-0.05, 0) is 11.6 Å². The Hall–Kier alpha value is -2.86. The highest BCUT2D eigenvalue weighted by Crippen LogP contribution is 2.31. The maximum atomic E-state index is 12.9. The standard InChI is InChI=1S/C18H14N4OS/c23-15(10-24-18-19-11-20-22-18)16-13-8-4-5-9-14(13)21-17(16)12-6-2-1-3-7-12/h1-9,11,21H,10H2,(H,19,20,22). The van der Waals surface area contributed by atoms with Crippen molar-refractivity contribution in [1.82, 2.24) is 20.2 Å². The number of aromatic nitrogens is 4. The zero-order valence-electron chi connectivity index (χ0n) is 12.7. The van der Waals surface area contributed by atoms with Crippen LogP contribution in [-0.4, -0.2) is 31.7 Å². The van der Waals surface area contributed by atoms with E-state index in [0.717, 1.165) is 27.7 Å². The van der Waals surface area contributed by atoms with Gasteiger partial charge in [-0.3, -0.25) is 9.89 Å². The Morgan fingerprint density at radius 2 is 1.83 bits per heavy atom. The highest BCUT2D eigenvalue weighted by atomic mass is 32.2. The third kappa shape index (κ3) is 2.72. The first-order valence-electron chi connectivity index (χ1n) is 7.50. The zero-order valence-corrected chi connectivity index (χ0v) is 13.5. The van der Waals surface area contributed by atoms with Crippen LogP contribution in [0.1, 0.15) is 10.4 Å². The number of H-pyrrole nitrogens is 2. The molecule has 2 N–H and O–H groups in total. The van der Waals surface area contributed by atoms with Crippen molar-refractivity contribution in [2.75, 3.05) is 5.75 Å². The largest absolute Gasteiger partial charge is 0.354 e. The van der Waals surface area contributed by atoms with Crippen LogP contribution in [0.15, 0.2) is 66.1 Å². The van der Waals surface area contributed by atoms with Crippen LogP contribution in [0.4, 0.5) is 0 Å². The minimum atomic E-state index is 0.0627. The summed E-state index contributed by atoms with van der Waals surface area (Å²) in [6, 6.07) is 17.8. The van der Waals surface area contributed by atoms with Gasteiger partial charge in [-0.25, -0.2) is 4.98 Å². The van der Waals surface area contributed by atoms with E-state index in [9.17, 15) is 4.79 Å². The number of hydrogen-bond acceptors (Lipinski definition) is 4. The molecule has 0 aliphatic carbocycles. The molecule has 0 unspecified atom stereocenters. The summed E-state index contributed by atoms with van der Waals surface area (Å²) >= 11 is 1.35. The molecule has 2 aromatic carbocycles. The average molecular weight is 334 g/mol. The van der Waals surface area contributed by atoms with Crippen molar-refractivity contribution in [2.24, 2.45) is 0 Å². The molecule has 0 atom stereocenters. The molecule has 2 heterocycles. The van der Waals surface area contributed by atoms with Crippen LogP contribution in [-0.2, 0) is 0 Å². The molecule has 4 aromatic rings. The molecule has 0 fully saturated rings. The molecule has 5 nitrogen and oxygen atoms in total. The van der Waals surface area contributed by atoms with Crippen LogP contribution in [0.5, 0.6) is 0 Å². The number of thioether (sulfide) groups is 1. The third-order valence-corrected chi connectivity index (χ3v) is 4.66. The van der Waals surface area contributed by atoms with E-state index in [4.69, 9.17) is 0 Å². The van der Waals surface area contributed by atoms with Crippen molar-refractivity contribution < 1.29 is 4.79 Å². The van der Waals surface area contributed by atoms with Gasteiger partial charge in [0.2, 0.25) is 0 Å². The summed E-state index contributed by atoms with van der Waals surface area (Å²) in [5.41, 5.74) is 3.55. The number of rotatable bonds is 5. The van der Waals surface area contributed by atoms with Gasteiger partial charge in [0.1, 0.15) is 6.33 Å². The summed E-state index contributed by atoms with van der Waals surface area (Å²) in [6.45, 7) is 0. The van der Waals surface area contributed by atoms with Crippen LogP contribution in [0.2, 0.25) is 0 Å². The Morgan fingerprint density at radius 3 is 2.62 bits per heavy atom.